The Hall–Kier alpha value is -2.33. The number of aromatic nitrogens is 2. The van der Waals surface area contributed by atoms with Crippen LogP contribution in [0.1, 0.15) is 32.9 Å². The quantitative estimate of drug-likeness (QED) is 0.527. The molecular formula is C24H25Cl2F3N4O2. The molecule has 1 aliphatic heterocycles. The average molecular weight is 529 g/mol. The first-order valence-electron chi connectivity index (χ1n) is 11.1. The second-order valence-electron chi connectivity index (χ2n) is 8.67. The summed E-state index contributed by atoms with van der Waals surface area (Å²) in [6.07, 6.45) is -4.32. The number of rotatable bonds is 5. The lowest BCUT2D eigenvalue weighted by molar-refractivity contribution is -0.137. The number of piperazine rings is 1. The van der Waals surface area contributed by atoms with Crippen LogP contribution in [0.5, 0.6) is 0 Å². The van der Waals surface area contributed by atoms with Crippen LogP contribution < -0.4 is 0 Å². The number of alkyl halides is 3. The van der Waals surface area contributed by atoms with E-state index in [1.165, 1.54) is 0 Å². The lowest BCUT2D eigenvalue weighted by Gasteiger charge is -2.34. The maximum Gasteiger partial charge on any atom is 0.416 e. The van der Waals surface area contributed by atoms with Crippen LogP contribution in [0.15, 0.2) is 24.3 Å². The predicted octanol–water partition coefficient (Wildman–Crippen LogP) is 4.55. The summed E-state index contributed by atoms with van der Waals surface area (Å²) in [6.45, 7) is 4.56. The van der Waals surface area contributed by atoms with Gasteiger partial charge in [-0.3, -0.25) is 9.69 Å². The van der Waals surface area contributed by atoms with Crippen molar-refractivity contribution in [3.8, 4) is 0 Å². The number of halogens is 5. The number of benzene rings is 2. The number of carbonyl (C=O) groups excluding carboxylic acids is 1. The van der Waals surface area contributed by atoms with Gasteiger partial charge in [0.05, 0.1) is 33.8 Å². The molecule has 1 aromatic heterocycles. The molecule has 1 fully saturated rings. The fourth-order valence-corrected chi connectivity index (χ4v) is 4.98. The molecule has 6 nitrogen and oxygen atoms in total. The number of nitrogens with zero attached hydrogens (tertiary/aromatic N) is 4. The van der Waals surface area contributed by atoms with Gasteiger partial charge in [0.15, 0.2) is 0 Å². The van der Waals surface area contributed by atoms with Crippen molar-refractivity contribution in [3.63, 3.8) is 0 Å². The number of hydrogen-bond acceptors (Lipinski definition) is 4. The van der Waals surface area contributed by atoms with Gasteiger partial charge in [0, 0.05) is 51.2 Å². The monoisotopic (exact) mass is 528 g/mol. The Bertz CT molecular complexity index is 1270. The van der Waals surface area contributed by atoms with E-state index in [2.05, 4.69) is 9.88 Å². The van der Waals surface area contributed by atoms with Crippen molar-refractivity contribution in [3.05, 3.63) is 62.4 Å². The lowest BCUT2D eigenvalue weighted by atomic mass is 10.1. The van der Waals surface area contributed by atoms with Crippen LogP contribution in [0, 0.1) is 6.92 Å². The minimum atomic E-state index is -4.46. The second kappa shape index (κ2) is 9.97. The summed E-state index contributed by atoms with van der Waals surface area (Å²) in [4.78, 5) is 21.5. The third-order valence-electron chi connectivity index (χ3n) is 6.42. The summed E-state index contributed by atoms with van der Waals surface area (Å²) >= 11 is 13.1. The van der Waals surface area contributed by atoms with Gasteiger partial charge in [-0.1, -0.05) is 23.2 Å². The number of fused-ring (bicyclic) bond motifs is 1. The fourth-order valence-electron chi connectivity index (χ4n) is 4.40. The maximum atomic E-state index is 13.3. The molecule has 1 amide bonds. The van der Waals surface area contributed by atoms with E-state index in [4.69, 9.17) is 28.3 Å². The molecule has 0 radical (unpaired) electrons. The summed E-state index contributed by atoms with van der Waals surface area (Å²) in [7, 11) is 1.65. The van der Waals surface area contributed by atoms with E-state index in [0.717, 1.165) is 12.1 Å². The Morgan fingerprint density at radius 1 is 1.14 bits per heavy atom. The molecule has 1 N–H and O–H groups in total. The SMILES string of the molecule is Cc1cc(C(F)(F)F)cc2c1nc(Cc1c(Cl)ccc(C(=O)N3CCN(CCO)CC3)c1Cl)n2C. The minimum Gasteiger partial charge on any atom is -0.395 e. The number of aryl methyl sites for hydroxylation is 2. The standard InChI is InChI=1S/C24H25Cl2F3N4O2/c1-14-11-15(24(27,28)29)12-19-22(14)30-20(31(19)2)13-17-18(25)4-3-16(21(17)26)23(35)33-7-5-32(6-8-33)9-10-34/h3-4,11-12,34H,5-10,13H2,1-2H3. The van der Waals surface area contributed by atoms with Gasteiger partial charge >= 0.3 is 6.18 Å². The molecule has 2 heterocycles. The maximum absolute atomic E-state index is 13.3. The Morgan fingerprint density at radius 2 is 1.83 bits per heavy atom. The number of hydrogen-bond donors (Lipinski definition) is 1. The number of aliphatic hydroxyl groups is 1. The molecule has 188 valence electrons. The van der Waals surface area contributed by atoms with Crippen LogP contribution in [-0.2, 0) is 19.6 Å². The highest BCUT2D eigenvalue weighted by Crippen LogP contribution is 2.35. The summed E-state index contributed by atoms with van der Waals surface area (Å²) in [6, 6.07) is 5.36. The van der Waals surface area contributed by atoms with Gasteiger partial charge in [0.2, 0.25) is 0 Å². The van der Waals surface area contributed by atoms with Crippen molar-refractivity contribution in [2.45, 2.75) is 19.5 Å². The van der Waals surface area contributed by atoms with Crippen LogP contribution in [0.3, 0.4) is 0 Å². The normalized spacial score (nSPS) is 15.3. The molecule has 0 atom stereocenters. The predicted molar refractivity (Wildman–Crippen MR) is 129 cm³/mol. The molecule has 1 aliphatic rings. The number of imidazole rings is 1. The van der Waals surface area contributed by atoms with Crippen molar-refractivity contribution in [2.75, 3.05) is 39.3 Å². The zero-order valence-corrected chi connectivity index (χ0v) is 20.8. The number of aliphatic hydroxyl groups excluding tert-OH is 1. The number of carbonyl (C=O) groups is 1. The van der Waals surface area contributed by atoms with Crippen LogP contribution in [0.2, 0.25) is 10.0 Å². The largest absolute Gasteiger partial charge is 0.416 e. The van der Waals surface area contributed by atoms with Crippen molar-refractivity contribution in [1.29, 1.82) is 0 Å². The Balaban J connectivity index is 1.64. The highest BCUT2D eigenvalue weighted by molar-refractivity contribution is 6.38. The molecule has 2 aromatic carbocycles. The molecule has 0 bridgehead atoms. The smallest absolute Gasteiger partial charge is 0.395 e. The second-order valence-corrected chi connectivity index (χ2v) is 9.45. The first kappa shape index (κ1) is 25.8. The van der Waals surface area contributed by atoms with Gasteiger partial charge in [-0.2, -0.15) is 13.2 Å². The summed E-state index contributed by atoms with van der Waals surface area (Å²) in [5.41, 5.74) is 1.31. The van der Waals surface area contributed by atoms with E-state index >= 15 is 0 Å². The molecule has 11 heteroatoms. The van der Waals surface area contributed by atoms with Crippen LogP contribution in [-0.4, -0.2) is 69.7 Å². The topological polar surface area (TPSA) is 61.6 Å². The highest BCUT2D eigenvalue weighted by Gasteiger charge is 2.32. The summed E-state index contributed by atoms with van der Waals surface area (Å²) in [5.74, 6) is 0.265. The van der Waals surface area contributed by atoms with Gasteiger partial charge in [-0.15, -0.1) is 0 Å². The molecular weight excluding hydrogens is 504 g/mol. The minimum absolute atomic E-state index is 0.0690. The van der Waals surface area contributed by atoms with Crippen molar-refractivity contribution >= 4 is 40.1 Å². The number of amides is 1. The van der Waals surface area contributed by atoms with E-state index in [1.54, 1.807) is 35.6 Å². The highest BCUT2D eigenvalue weighted by atomic mass is 35.5. The average Bonchev–Trinajstić information content (AvgIpc) is 3.12. The lowest BCUT2D eigenvalue weighted by Crippen LogP contribution is -2.49. The van der Waals surface area contributed by atoms with E-state index < -0.39 is 11.7 Å². The van der Waals surface area contributed by atoms with E-state index in [1.807, 2.05) is 0 Å². The first-order valence-corrected chi connectivity index (χ1v) is 11.9. The van der Waals surface area contributed by atoms with Crippen molar-refractivity contribution in [2.24, 2.45) is 7.05 Å². The fraction of sp³-hybridized carbons (Fsp3) is 0.417. The van der Waals surface area contributed by atoms with Gasteiger partial charge in [-0.05, 0) is 42.3 Å². The Morgan fingerprint density at radius 3 is 2.46 bits per heavy atom. The number of β-amino-alcohol motifs (C(OH)–C–C–N with tert-alkyl or cyclic N) is 1. The summed E-state index contributed by atoms with van der Waals surface area (Å²) in [5, 5.41) is 9.66. The van der Waals surface area contributed by atoms with Crippen LogP contribution in [0.25, 0.3) is 11.0 Å². The third kappa shape index (κ3) is 5.14. The molecule has 3 aromatic rings. The Kier molecular flexibility index (Phi) is 7.33. The molecule has 35 heavy (non-hydrogen) atoms. The van der Waals surface area contributed by atoms with Crippen molar-refractivity contribution in [1.82, 2.24) is 19.4 Å². The molecule has 0 unspecified atom stereocenters. The molecule has 0 spiro atoms. The molecule has 0 saturated carbocycles. The Labute approximate surface area is 210 Å². The summed E-state index contributed by atoms with van der Waals surface area (Å²) < 4.78 is 41.5. The molecule has 0 aliphatic carbocycles. The van der Waals surface area contributed by atoms with Gasteiger partial charge in [0.1, 0.15) is 5.82 Å². The molecule has 1 saturated heterocycles. The molecule has 4 rings (SSSR count). The van der Waals surface area contributed by atoms with Crippen molar-refractivity contribution < 1.29 is 23.1 Å². The van der Waals surface area contributed by atoms with Crippen LogP contribution in [0.4, 0.5) is 13.2 Å². The van der Waals surface area contributed by atoms with Gasteiger partial charge < -0.3 is 14.6 Å². The van der Waals surface area contributed by atoms with E-state index in [-0.39, 0.29) is 24.0 Å². The van der Waals surface area contributed by atoms with Gasteiger partial charge in [0.25, 0.3) is 5.91 Å². The van der Waals surface area contributed by atoms with Gasteiger partial charge in [-0.25, -0.2) is 4.98 Å². The van der Waals surface area contributed by atoms with E-state index in [0.29, 0.717) is 71.3 Å². The van der Waals surface area contributed by atoms with E-state index in [9.17, 15) is 18.0 Å². The van der Waals surface area contributed by atoms with Crippen LogP contribution >= 0.6 is 23.2 Å². The first-order chi connectivity index (χ1) is 16.5. The zero-order valence-electron chi connectivity index (χ0n) is 19.3. The third-order valence-corrected chi connectivity index (χ3v) is 7.21. The zero-order chi connectivity index (χ0) is 25.5.